The standard InChI is InChI=1S/C23H19ClF2N4O2/c1-13-14(2)30(17-5-3-4-15(25)10-17)22-21(13)23(32)29(12-27-22)9-8-20(31)28-19-7-6-16(26)11-18(19)24/h3-7,10-12H,8-9H2,1-2H3,(H,28,31). The highest BCUT2D eigenvalue weighted by atomic mass is 35.5. The summed E-state index contributed by atoms with van der Waals surface area (Å²) < 4.78 is 30.0. The molecule has 0 radical (unpaired) electrons. The SMILES string of the molecule is Cc1c(C)n(-c2cccc(F)c2)c2ncn(CCC(=O)Nc3ccc(F)cc3Cl)c(=O)c12. The molecule has 0 saturated carbocycles. The fraction of sp³-hybridized carbons (Fsp3) is 0.174. The monoisotopic (exact) mass is 456 g/mol. The molecule has 2 heterocycles. The van der Waals surface area contributed by atoms with Gasteiger partial charge >= 0.3 is 0 Å². The van der Waals surface area contributed by atoms with Crippen molar-refractivity contribution >= 4 is 34.2 Å². The van der Waals surface area contributed by atoms with Crippen molar-refractivity contribution in [2.24, 2.45) is 0 Å². The fourth-order valence-corrected chi connectivity index (χ4v) is 3.82. The lowest BCUT2D eigenvalue weighted by Gasteiger charge is -2.10. The summed E-state index contributed by atoms with van der Waals surface area (Å²) in [7, 11) is 0. The topological polar surface area (TPSA) is 68.9 Å². The summed E-state index contributed by atoms with van der Waals surface area (Å²) in [4.78, 5) is 29.8. The summed E-state index contributed by atoms with van der Waals surface area (Å²) in [6.07, 6.45) is 1.36. The van der Waals surface area contributed by atoms with E-state index in [1.165, 1.54) is 35.2 Å². The van der Waals surface area contributed by atoms with Gasteiger partial charge in [-0.15, -0.1) is 0 Å². The van der Waals surface area contributed by atoms with Crippen LogP contribution in [0.15, 0.2) is 53.6 Å². The van der Waals surface area contributed by atoms with E-state index in [0.717, 1.165) is 17.3 Å². The van der Waals surface area contributed by atoms with E-state index in [-0.39, 0.29) is 41.0 Å². The molecule has 4 aromatic rings. The van der Waals surface area contributed by atoms with Gasteiger partial charge in [0.05, 0.1) is 28.1 Å². The van der Waals surface area contributed by atoms with E-state index in [0.29, 0.717) is 16.7 Å². The number of carbonyl (C=O) groups is 1. The van der Waals surface area contributed by atoms with Gasteiger partial charge in [0.15, 0.2) is 5.65 Å². The maximum absolute atomic E-state index is 13.7. The molecule has 1 N–H and O–H groups in total. The van der Waals surface area contributed by atoms with Gasteiger partial charge in [0.25, 0.3) is 5.56 Å². The lowest BCUT2D eigenvalue weighted by atomic mass is 10.2. The molecule has 0 atom stereocenters. The van der Waals surface area contributed by atoms with Crippen LogP contribution in [0.25, 0.3) is 16.7 Å². The van der Waals surface area contributed by atoms with Crippen LogP contribution in [0.2, 0.25) is 5.02 Å². The number of rotatable bonds is 5. The second-order valence-corrected chi connectivity index (χ2v) is 7.80. The number of amides is 1. The third-order valence-electron chi connectivity index (χ3n) is 5.33. The van der Waals surface area contributed by atoms with Crippen molar-refractivity contribution in [2.75, 3.05) is 5.32 Å². The zero-order chi connectivity index (χ0) is 23.0. The third-order valence-corrected chi connectivity index (χ3v) is 5.65. The number of hydrogen-bond acceptors (Lipinski definition) is 3. The van der Waals surface area contributed by atoms with Gasteiger partial charge in [-0.1, -0.05) is 17.7 Å². The molecule has 32 heavy (non-hydrogen) atoms. The number of carbonyl (C=O) groups excluding carboxylic acids is 1. The second kappa shape index (κ2) is 8.55. The van der Waals surface area contributed by atoms with Crippen LogP contribution in [0.1, 0.15) is 17.7 Å². The minimum atomic E-state index is -0.505. The van der Waals surface area contributed by atoms with Gasteiger partial charge in [0, 0.05) is 18.7 Å². The van der Waals surface area contributed by atoms with E-state index in [9.17, 15) is 18.4 Å². The first kappa shape index (κ1) is 21.7. The maximum Gasteiger partial charge on any atom is 0.263 e. The first-order valence-electron chi connectivity index (χ1n) is 9.84. The average Bonchev–Trinajstić information content (AvgIpc) is 3.00. The van der Waals surface area contributed by atoms with Gasteiger partial charge < -0.3 is 5.32 Å². The van der Waals surface area contributed by atoms with E-state index < -0.39 is 5.82 Å². The smallest absolute Gasteiger partial charge is 0.263 e. The largest absolute Gasteiger partial charge is 0.325 e. The normalized spacial score (nSPS) is 11.2. The average molecular weight is 457 g/mol. The van der Waals surface area contributed by atoms with Crippen molar-refractivity contribution in [1.82, 2.24) is 14.1 Å². The van der Waals surface area contributed by atoms with E-state index in [1.54, 1.807) is 16.7 Å². The van der Waals surface area contributed by atoms with Crippen molar-refractivity contribution in [1.29, 1.82) is 0 Å². The van der Waals surface area contributed by atoms with Crippen molar-refractivity contribution in [3.8, 4) is 5.69 Å². The molecule has 0 aliphatic heterocycles. The minimum Gasteiger partial charge on any atom is -0.325 e. The minimum absolute atomic E-state index is 0.0105. The van der Waals surface area contributed by atoms with E-state index in [2.05, 4.69) is 10.3 Å². The molecule has 2 aromatic carbocycles. The molecule has 6 nitrogen and oxygen atoms in total. The Labute approximate surface area is 187 Å². The van der Waals surface area contributed by atoms with Crippen LogP contribution in [0, 0.1) is 25.5 Å². The highest BCUT2D eigenvalue weighted by molar-refractivity contribution is 6.33. The number of benzene rings is 2. The van der Waals surface area contributed by atoms with Crippen LogP contribution >= 0.6 is 11.6 Å². The van der Waals surface area contributed by atoms with Crippen LogP contribution in [0.4, 0.5) is 14.5 Å². The molecule has 1 amide bonds. The molecule has 0 aliphatic rings. The first-order chi connectivity index (χ1) is 15.3. The Morgan fingerprint density at radius 3 is 2.59 bits per heavy atom. The Kier molecular flexibility index (Phi) is 5.80. The second-order valence-electron chi connectivity index (χ2n) is 7.39. The van der Waals surface area contributed by atoms with Crippen LogP contribution in [-0.4, -0.2) is 20.0 Å². The molecule has 0 saturated heterocycles. The van der Waals surface area contributed by atoms with Crippen LogP contribution in [0.5, 0.6) is 0 Å². The summed E-state index contributed by atoms with van der Waals surface area (Å²) in [5, 5.41) is 3.10. The van der Waals surface area contributed by atoms with E-state index in [4.69, 9.17) is 11.6 Å². The lowest BCUT2D eigenvalue weighted by molar-refractivity contribution is -0.116. The molecular formula is C23H19ClF2N4O2. The zero-order valence-electron chi connectivity index (χ0n) is 17.3. The molecule has 0 fully saturated rings. The Balaban J connectivity index is 1.61. The number of aryl methyl sites for hydroxylation is 2. The van der Waals surface area contributed by atoms with Crippen molar-refractivity contribution in [3.05, 3.63) is 87.1 Å². The number of halogens is 3. The van der Waals surface area contributed by atoms with Gasteiger partial charge in [-0.2, -0.15) is 0 Å². The van der Waals surface area contributed by atoms with Crippen molar-refractivity contribution in [3.63, 3.8) is 0 Å². The van der Waals surface area contributed by atoms with E-state index >= 15 is 0 Å². The highest BCUT2D eigenvalue weighted by Gasteiger charge is 2.18. The predicted molar refractivity (Wildman–Crippen MR) is 119 cm³/mol. The van der Waals surface area contributed by atoms with E-state index in [1.807, 2.05) is 13.8 Å². The molecule has 9 heteroatoms. The van der Waals surface area contributed by atoms with Gasteiger partial charge in [-0.05, 0) is 55.8 Å². The third kappa shape index (κ3) is 4.01. The summed E-state index contributed by atoms with van der Waals surface area (Å²) >= 11 is 5.93. The van der Waals surface area contributed by atoms with Crippen molar-refractivity contribution in [2.45, 2.75) is 26.8 Å². The molecule has 2 aromatic heterocycles. The summed E-state index contributed by atoms with van der Waals surface area (Å²) in [5.74, 6) is -1.27. The van der Waals surface area contributed by atoms with Crippen LogP contribution in [-0.2, 0) is 11.3 Å². The number of nitrogens with zero attached hydrogens (tertiary/aromatic N) is 3. The maximum atomic E-state index is 13.7. The molecule has 0 bridgehead atoms. The zero-order valence-corrected chi connectivity index (χ0v) is 18.1. The molecule has 0 spiro atoms. The number of fused-ring (bicyclic) bond motifs is 1. The first-order valence-corrected chi connectivity index (χ1v) is 10.2. The Morgan fingerprint density at radius 1 is 1.12 bits per heavy atom. The van der Waals surface area contributed by atoms with Gasteiger partial charge in [-0.3, -0.25) is 18.7 Å². The highest BCUT2D eigenvalue weighted by Crippen LogP contribution is 2.25. The molecule has 0 aliphatic carbocycles. The molecule has 4 rings (SSSR count). The Bertz CT molecular complexity index is 1410. The lowest BCUT2D eigenvalue weighted by Crippen LogP contribution is -2.24. The van der Waals surface area contributed by atoms with Gasteiger partial charge in [0.1, 0.15) is 11.6 Å². The number of anilines is 1. The number of aromatic nitrogens is 3. The van der Waals surface area contributed by atoms with Crippen LogP contribution < -0.4 is 10.9 Å². The molecule has 0 unspecified atom stereocenters. The quantitative estimate of drug-likeness (QED) is 0.470. The summed E-state index contributed by atoms with van der Waals surface area (Å²) in [6, 6.07) is 9.74. The molecular weight excluding hydrogens is 438 g/mol. The van der Waals surface area contributed by atoms with Crippen molar-refractivity contribution < 1.29 is 13.6 Å². The van der Waals surface area contributed by atoms with Gasteiger partial charge in [-0.25, -0.2) is 13.8 Å². The summed E-state index contributed by atoms with van der Waals surface area (Å²) in [6.45, 7) is 3.74. The number of hydrogen-bond donors (Lipinski definition) is 1. The Morgan fingerprint density at radius 2 is 1.88 bits per heavy atom. The molecule has 164 valence electrons. The Hall–Kier alpha value is -3.52. The van der Waals surface area contributed by atoms with Gasteiger partial charge in [0.2, 0.25) is 5.91 Å². The number of nitrogens with one attached hydrogen (secondary N) is 1. The van der Waals surface area contributed by atoms with Crippen LogP contribution in [0.3, 0.4) is 0 Å². The fourth-order valence-electron chi connectivity index (χ4n) is 3.60. The summed E-state index contributed by atoms with van der Waals surface area (Å²) in [5.41, 5.74) is 2.50. The predicted octanol–water partition coefficient (Wildman–Crippen LogP) is 4.76.